The molecule has 1 aliphatic rings. The van der Waals surface area contributed by atoms with Crippen LogP contribution in [0.25, 0.3) is 0 Å². The summed E-state index contributed by atoms with van der Waals surface area (Å²) in [6, 6.07) is 2.94. The van der Waals surface area contributed by atoms with Crippen LogP contribution in [-0.2, 0) is 4.79 Å². The van der Waals surface area contributed by atoms with Gasteiger partial charge in [-0.15, -0.1) is 0 Å². The fourth-order valence-corrected chi connectivity index (χ4v) is 1.96. The summed E-state index contributed by atoms with van der Waals surface area (Å²) in [5, 5.41) is 8.72. The Bertz CT molecular complexity index is 546. The summed E-state index contributed by atoms with van der Waals surface area (Å²) in [5.41, 5.74) is 0.112. The predicted molar refractivity (Wildman–Crippen MR) is 81.5 cm³/mol. The summed E-state index contributed by atoms with van der Waals surface area (Å²) in [6.07, 6.45) is 2.01. The largest absolute Gasteiger partial charge is 0.370 e. The van der Waals surface area contributed by atoms with Crippen molar-refractivity contribution in [1.82, 2.24) is 15.6 Å². The van der Waals surface area contributed by atoms with Crippen molar-refractivity contribution in [3.8, 4) is 0 Å². The summed E-state index contributed by atoms with van der Waals surface area (Å²) in [4.78, 5) is 28.2. The van der Waals surface area contributed by atoms with Crippen LogP contribution in [-0.4, -0.2) is 35.4 Å². The fraction of sp³-hybridized carbons (Fsp3) is 0.500. The van der Waals surface area contributed by atoms with E-state index in [1.807, 2.05) is 6.92 Å². The van der Waals surface area contributed by atoms with Crippen molar-refractivity contribution >= 4 is 29.2 Å². The molecule has 0 aromatic carbocycles. The highest BCUT2D eigenvalue weighted by Crippen LogP contribution is 2.19. The van der Waals surface area contributed by atoms with Crippen LogP contribution < -0.4 is 16.0 Å². The Morgan fingerprint density at radius 3 is 2.76 bits per heavy atom. The SMILES string of the molecule is CCNc1ccc(Cl)c(C(=O)NC(C)C(=O)NC2CC2)n1. The molecular weight excluding hydrogens is 292 g/mol. The van der Waals surface area contributed by atoms with Gasteiger partial charge in [-0.1, -0.05) is 11.6 Å². The zero-order chi connectivity index (χ0) is 15.4. The van der Waals surface area contributed by atoms with E-state index in [0.717, 1.165) is 12.8 Å². The third kappa shape index (κ3) is 4.32. The molecule has 2 amide bonds. The number of nitrogens with zero attached hydrogens (tertiary/aromatic N) is 1. The molecule has 1 unspecified atom stereocenters. The minimum absolute atomic E-state index is 0.112. The van der Waals surface area contributed by atoms with Crippen molar-refractivity contribution < 1.29 is 9.59 Å². The Morgan fingerprint density at radius 1 is 1.43 bits per heavy atom. The molecule has 1 aromatic rings. The zero-order valence-corrected chi connectivity index (χ0v) is 12.8. The van der Waals surface area contributed by atoms with Crippen LogP contribution in [0.15, 0.2) is 12.1 Å². The molecule has 1 aromatic heterocycles. The van der Waals surface area contributed by atoms with E-state index in [4.69, 9.17) is 11.6 Å². The molecule has 1 fully saturated rings. The van der Waals surface area contributed by atoms with Crippen molar-refractivity contribution in [2.75, 3.05) is 11.9 Å². The lowest BCUT2D eigenvalue weighted by atomic mass is 10.2. The quantitative estimate of drug-likeness (QED) is 0.744. The second-order valence-corrected chi connectivity index (χ2v) is 5.44. The van der Waals surface area contributed by atoms with Crippen LogP contribution in [0, 0.1) is 0 Å². The molecule has 2 rings (SSSR count). The number of carbonyl (C=O) groups excluding carboxylic acids is 2. The van der Waals surface area contributed by atoms with Gasteiger partial charge in [-0.3, -0.25) is 9.59 Å². The molecule has 1 aliphatic carbocycles. The molecule has 0 radical (unpaired) electrons. The number of pyridine rings is 1. The van der Waals surface area contributed by atoms with E-state index in [9.17, 15) is 9.59 Å². The molecule has 3 N–H and O–H groups in total. The average Bonchev–Trinajstić information content (AvgIpc) is 3.24. The molecule has 1 atom stereocenters. The Labute approximate surface area is 128 Å². The van der Waals surface area contributed by atoms with E-state index in [2.05, 4.69) is 20.9 Å². The molecule has 1 heterocycles. The molecule has 0 aliphatic heterocycles. The van der Waals surface area contributed by atoms with Crippen LogP contribution in [0.3, 0.4) is 0 Å². The highest BCUT2D eigenvalue weighted by Gasteiger charge is 2.26. The van der Waals surface area contributed by atoms with Gasteiger partial charge in [0.05, 0.1) is 5.02 Å². The molecule has 6 nitrogen and oxygen atoms in total. The normalized spacial score (nSPS) is 15.2. The third-order valence-electron chi connectivity index (χ3n) is 3.08. The Morgan fingerprint density at radius 2 is 2.14 bits per heavy atom. The Kier molecular flexibility index (Phi) is 5.01. The van der Waals surface area contributed by atoms with E-state index < -0.39 is 11.9 Å². The first-order valence-corrected chi connectivity index (χ1v) is 7.40. The zero-order valence-electron chi connectivity index (χ0n) is 12.1. The molecule has 0 spiro atoms. The van der Waals surface area contributed by atoms with Crippen LogP contribution in [0.4, 0.5) is 5.82 Å². The van der Waals surface area contributed by atoms with Crippen molar-refractivity contribution in [2.45, 2.75) is 38.8 Å². The number of carbonyl (C=O) groups is 2. The maximum atomic E-state index is 12.2. The monoisotopic (exact) mass is 310 g/mol. The fourth-order valence-electron chi connectivity index (χ4n) is 1.77. The van der Waals surface area contributed by atoms with E-state index >= 15 is 0 Å². The molecule has 1 saturated carbocycles. The van der Waals surface area contributed by atoms with Gasteiger partial charge in [-0.2, -0.15) is 0 Å². The molecule has 0 bridgehead atoms. The van der Waals surface area contributed by atoms with Gasteiger partial charge in [0.1, 0.15) is 17.6 Å². The lowest BCUT2D eigenvalue weighted by molar-refractivity contribution is -0.122. The maximum absolute atomic E-state index is 12.2. The van der Waals surface area contributed by atoms with E-state index in [1.54, 1.807) is 19.1 Å². The van der Waals surface area contributed by atoms with E-state index in [-0.39, 0.29) is 22.7 Å². The third-order valence-corrected chi connectivity index (χ3v) is 3.39. The first-order valence-electron chi connectivity index (χ1n) is 7.03. The van der Waals surface area contributed by atoms with Crippen molar-refractivity contribution in [3.05, 3.63) is 22.8 Å². The standard InChI is InChI=1S/C14H19ClN4O2/c1-3-16-11-7-6-10(15)12(19-11)14(21)17-8(2)13(20)18-9-4-5-9/h6-9H,3-5H2,1-2H3,(H,16,19)(H,17,21)(H,18,20). The van der Waals surface area contributed by atoms with Crippen molar-refractivity contribution in [2.24, 2.45) is 0 Å². The minimum atomic E-state index is -0.626. The first-order chi connectivity index (χ1) is 10.0. The van der Waals surface area contributed by atoms with Gasteiger partial charge in [0.15, 0.2) is 0 Å². The van der Waals surface area contributed by atoms with Crippen LogP contribution in [0.2, 0.25) is 5.02 Å². The van der Waals surface area contributed by atoms with Crippen LogP contribution >= 0.6 is 11.6 Å². The van der Waals surface area contributed by atoms with Crippen LogP contribution in [0.5, 0.6) is 0 Å². The Balaban J connectivity index is 2.01. The second kappa shape index (κ2) is 6.76. The Hall–Kier alpha value is -1.82. The van der Waals surface area contributed by atoms with Gasteiger partial charge >= 0.3 is 0 Å². The molecule has 21 heavy (non-hydrogen) atoms. The number of hydrogen-bond acceptors (Lipinski definition) is 4. The summed E-state index contributed by atoms with van der Waals surface area (Å²) in [5.74, 6) is -0.0786. The van der Waals surface area contributed by atoms with Gasteiger partial charge in [0.2, 0.25) is 5.91 Å². The molecule has 0 saturated heterocycles. The van der Waals surface area contributed by atoms with Gasteiger partial charge < -0.3 is 16.0 Å². The summed E-state index contributed by atoms with van der Waals surface area (Å²) in [6.45, 7) is 4.26. The topological polar surface area (TPSA) is 83.1 Å². The van der Waals surface area contributed by atoms with Crippen molar-refractivity contribution in [3.63, 3.8) is 0 Å². The average molecular weight is 311 g/mol. The molecule has 114 valence electrons. The number of anilines is 1. The summed E-state index contributed by atoms with van der Waals surface area (Å²) in [7, 11) is 0. The van der Waals surface area contributed by atoms with Gasteiger partial charge in [0.25, 0.3) is 5.91 Å². The number of rotatable bonds is 6. The molecule has 7 heteroatoms. The first kappa shape index (κ1) is 15.6. The number of halogens is 1. The number of hydrogen-bond donors (Lipinski definition) is 3. The number of aromatic nitrogens is 1. The van der Waals surface area contributed by atoms with Gasteiger partial charge in [0, 0.05) is 12.6 Å². The minimum Gasteiger partial charge on any atom is -0.370 e. The maximum Gasteiger partial charge on any atom is 0.272 e. The highest BCUT2D eigenvalue weighted by molar-refractivity contribution is 6.33. The van der Waals surface area contributed by atoms with Crippen molar-refractivity contribution in [1.29, 1.82) is 0 Å². The lowest BCUT2D eigenvalue weighted by Gasteiger charge is -2.14. The lowest BCUT2D eigenvalue weighted by Crippen LogP contribution is -2.45. The van der Waals surface area contributed by atoms with Crippen LogP contribution in [0.1, 0.15) is 37.2 Å². The summed E-state index contributed by atoms with van der Waals surface area (Å²) < 4.78 is 0. The summed E-state index contributed by atoms with van der Waals surface area (Å²) >= 11 is 6.00. The van der Waals surface area contributed by atoms with E-state index in [1.165, 1.54) is 0 Å². The van der Waals surface area contributed by atoms with Gasteiger partial charge in [-0.25, -0.2) is 4.98 Å². The number of nitrogens with one attached hydrogen (secondary N) is 3. The van der Waals surface area contributed by atoms with Gasteiger partial charge in [-0.05, 0) is 38.8 Å². The second-order valence-electron chi connectivity index (χ2n) is 5.04. The smallest absolute Gasteiger partial charge is 0.272 e. The highest BCUT2D eigenvalue weighted by atomic mass is 35.5. The number of amides is 2. The van der Waals surface area contributed by atoms with E-state index in [0.29, 0.717) is 12.4 Å². The molecular formula is C14H19ClN4O2. The predicted octanol–water partition coefficient (Wildman–Crippen LogP) is 1.56.